The molecule has 6 heteroatoms. The third-order valence-electron chi connectivity index (χ3n) is 4.42. The fourth-order valence-corrected chi connectivity index (χ4v) is 2.92. The van der Waals surface area contributed by atoms with Crippen LogP contribution >= 0.6 is 0 Å². The van der Waals surface area contributed by atoms with Gasteiger partial charge in [-0.1, -0.05) is 18.2 Å². The average molecular weight is 348 g/mol. The first-order chi connectivity index (χ1) is 12.7. The van der Waals surface area contributed by atoms with Crippen molar-refractivity contribution >= 4 is 17.6 Å². The van der Waals surface area contributed by atoms with Gasteiger partial charge in [-0.05, 0) is 49.2 Å². The van der Waals surface area contributed by atoms with Crippen LogP contribution in [0.3, 0.4) is 0 Å². The largest absolute Gasteiger partial charge is 0.349 e. The molecule has 1 fully saturated rings. The molecule has 132 valence electrons. The monoisotopic (exact) mass is 348 g/mol. The molecule has 1 aliphatic rings. The molecular weight excluding hydrogens is 328 g/mol. The Bertz CT molecular complexity index is 804. The van der Waals surface area contributed by atoms with Gasteiger partial charge in [0.1, 0.15) is 0 Å². The normalized spacial score (nSPS) is 14.3. The number of benzene rings is 2. The molecule has 0 saturated carbocycles. The molecule has 0 atom stereocenters. The summed E-state index contributed by atoms with van der Waals surface area (Å²) in [6.07, 6.45) is 1.43. The van der Waals surface area contributed by atoms with Gasteiger partial charge in [0.15, 0.2) is 0 Å². The molecule has 2 aromatic carbocycles. The number of anilines is 1. The molecule has 2 N–H and O–H groups in total. The first-order valence-electron chi connectivity index (χ1n) is 8.58. The third kappa shape index (κ3) is 4.39. The lowest BCUT2D eigenvalue weighted by Gasteiger charge is -2.32. The number of nitrogens with zero attached hydrogens (tertiary/aromatic N) is 2. The third-order valence-corrected chi connectivity index (χ3v) is 4.42. The van der Waals surface area contributed by atoms with Crippen LogP contribution in [0, 0.1) is 11.3 Å². The van der Waals surface area contributed by atoms with Gasteiger partial charge < -0.3 is 15.5 Å². The number of hydrogen-bond acceptors (Lipinski definition) is 3. The van der Waals surface area contributed by atoms with Crippen molar-refractivity contribution in [2.75, 3.05) is 18.4 Å². The second-order valence-electron chi connectivity index (χ2n) is 6.22. The molecule has 0 unspecified atom stereocenters. The summed E-state index contributed by atoms with van der Waals surface area (Å²) in [5.41, 5.74) is 1.83. The zero-order valence-corrected chi connectivity index (χ0v) is 14.3. The summed E-state index contributed by atoms with van der Waals surface area (Å²) in [5.74, 6) is -0.151. The molecule has 26 heavy (non-hydrogen) atoms. The molecule has 0 aromatic heterocycles. The van der Waals surface area contributed by atoms with E-state index in [2.05, 4.69) is 10.6 Å². The highest BCUT2D eigenvalue weighted by Gasteiger charge is 2.24. The smallest absolute Gasteiger partial charge is 0.321 e. The van der Waals surface area contributed by atoms with E-state index in [1.54, 1.807) is 29.2 Å². The Morgan fingerprint density at radius 3 is 2.27 bits per heavy atom. The summed E-state index contributed by atoms with van der Waals surface area (Å²) < 4.78 is 0. The summed E-state index contributed by atoms with van der Waals surface area (Å²) >= 11 is 0. The number of amides is 3. The molecule has 1 aliphatic heterocycles. The Morgan fingerprint density at radius 2 is 1.65 bits per heavy atom. The first kappa shape index (κ1) is 17.5. The van der Waals surface area contributed by atoms with Crippen molar-refractivity contribution in [3.05, 3.63) is 65.7 Å². The Labute approximate surface area is 152 Å². The van der Waals surface area contributed by atoms with E-state index in [9.17, 15) is 9.59 Å². The maximum Gasteiger partial charge on any atom is 0.321 e. The minimum atomic E-state index is -0.151. The molecule has 6 nitrogen and oxygen atoms in total. The molecule has 1 saturated heterocycles. The minimum Gasteiger partial charge on any atom is -0.349 e. The minimum absolute atomic E-state index is 0.0407. The number of likely N-dealkylation sites (tertiary alicyclic amines) is 1. The highest BCUT2D eigenvalue weighted by molar-refractivity contribution is 5.94. The number of nitrogens with one attached hydrogen (secondary N) is 2. The van der Waals surface area contributed by atoms with E-state index in [4.69, 9.17) is 5.26 Å². The Balaban J connectivity index is 1.48. The topological polar surface area (TPSA) is 85.2 Å². The SMILES string of the molecule is N#Cc1ccc(C(=O)NC2CCN(C(=O)Nc3ccccc3)CC2)cc1. The second-order valence-corrected chi connectivity index (χ2v) is 6.22. The van der Waals surface area contributed by atoms with Gasteiger partial charge in [0.05, 0.1) is 11.6 Å². The number of carbonyl (C=O) groups is 2. The van der Waals surface area contributed by atoms with E-state index in [1.807, 2.05) is 36.4 Å². The van der Waals surface area contributed by atoms with Crippen LogP contribution in [0.15, 0.2) is 54.6 Å². The van der Waals surface area contributed by atoms with Crippen LogP contribution in [0.1, 0.15) is 28.8 Å². The molecule has 3 rings (SSSR count). The number of hydrogen-bond donors (Lipinski definition) is 2. The van der Waals surface area contributed by atoms with Crippen molar-refractivity contribution in [3.8, 4) is 6.07 Å². The fraction of sp³-hybridized carbons (Fsp3) is 0.250. The second kappa shape index (κ2) is 8.17. The van der Waals surface area contributed by atoms with Gasteiger partial charge in [-0.25, -0.2) is 4.79 Å². The van der Waals surface area contributed by atoms with Gasteiger partial charge in [-0.3, -0.25) is 4.79 Å². The number of piperidine rings is 1. The maximum absolute atomic E-state index is 12.3. The van der Waals surface area contributed by atoms with Gasteiger partial charge >= 0.3 is 6.03 Å². The van der Waals surface area contributed by atoms with Crippen LogP contribution in [-0.2, 0) is 0 Å². The molecule has 0 radical (unpaired) electrons. The highest BCUT2D eigenvalue weighted by atomic mass is 16.2. The molecule has 3 amide bonds. The molecule has 0 aliphatic carbocycles. The first-order valence-corrected chi connectivity index (χ1v) is 8.58. The predicted molar refractivity (Wildman–Crippen MR) is 98.7 cm³/mol. The molecule has 1 heterocycles. The predicted octanol–water partition coefficient (Wildman–Crippen LogP) is 2.98. The van der Waals surface area contributed by atoms with Crippen molar-refractivity contribution in [1.82, 2.24) is 10.2 Å². The lowest BCUT2D eigenvalue weighted by molar-refractivity contribution is 0.0919. The highest BCUT2D eigenvalue weighted by Crippen LogP contribution is 2.14. The van der Waals surface area contributed by atoms with Crippen molar-refractivity contribution in [2.45, 2.75) is 18.9 Å². The van der Waals surface area contributed by atoms with E-state index in [-0.39, 0.29) is 18.0 Å². The quantitative estimate of drug-likeness (QED) is 0.894. The van der Waals surface area contributed by atoms with Gasteiger partial charge in [0.25, 0.3) is 5.91 Å². The van der Waals surface area contributed by atoms with Crippen LogP contribution in [-0.4, -0.2) is 36.0 Å². The van der Waals surface area contributed by atoms with Crippen LogP contribution in [0.5, 0.6) is 0 Å². The summed E-state index contributed by atoms with van der Waals surface area (Å²) in [6, 6.07) is 17.9. The average Bonchev–Trinajstić information content (AvgIpc) is 2.69. The van der Waals surface area contributed by atoms with E-state index in [0.717, 1.165) is 5.69 Å². The van der Waals surface area contributed by atoms with Crippen LogP contribution < -0.4 is 10.6 Å². The van der Waals surface area contributed by atoms with Crippen molar-refractivity contribution in [2.24, 2.45) is 0 Å². The standard InChI is InChI=1S/C20H20N4O2/c21-14-15-6-8-16(9-7-15)19(25)22-18-10-12-24(13-11-18)20(26)23-17-4-2-1-3-5-17/h1-9,18H,10-13H2,(H,22,25)(H,23,26). The Morgan fingerprint density at radius 1 is 1.00 bits per heavy atom. The molecule has 0 bridgehead atoms. The fourth-order valence-electron chi connectivity index (χ4n) is 2.92. The number of carbonyl (C=O) groups excluding carboxylic acids is 2. The summed E-state index contributed by atoms with van der Waals surface area (Å²) in [5, 5.41) is 14.7. The number of para-hydroxylation sites is 1. The zero-order chi connectivity index (χ0) is 18.4. The van der Waals surface area contributed by atoms with Gasteiger partial charge in [0.2, 0.25) is 0 Å². The van der Waals surface area contributed by atoms with E-state index < -0.39 is 0 Å². The number of nitriles is 1. The van der Waals surface area contributed by atoms with Crippen LogP contribution in [0.2, 0.25) is 0 Å². The van der Waals surface area contributed by atoms with Gasteiger partial charge in [-0.15, -0.1) is 0 Å². The zero-order valence-electron chi connectivity index (χ0n) is 14.3. The Kier molecular flexibility index (Phi) is 5.49. The van der Waals surface area contributed by atoms with E-state index in [0.29, 0.717) is 37.1 Å². The van der Waals surface area contributed by atoms with E-state index in [1.165, 1.54) is 0 Å². The number of rotatable bonds is 3. The lowest BCUT2D eigenvalue weighted by Crippen LogP contribution is -2.47. The van der Waals surface area contributed by atoms with Crippen molar-refractivity contribution < 1.29 is 9.59 Å². The van der Waals surface area contributed by atoms with Crippen LogP contribution in [0.25, 0.3) is 0 Å². The summed E-state index contributed by atoms with van der Waals surface area (Å²) in [7, 11) is 0. The molecular formula is C20H20N4O2. The number of urea groups is 1. The molecule has 0 spiro atoms. The van der Waals surface area contributed by atoms with Gasteiger partial charge in [0, 0.05) is 30.4 Å². The maximum atomic E-state index is 12.3. The van der Waals surface area contributed by atoms with Crippen molar-refractivity contribution in [1.29, 1.82) is 5.26 Å². The van der Waals surface area contributed by atoms with Crippen LogP contribution in [0.4, 0.5) is 10.5 Å². The summed E-state index contributed by atoms with van der Waals surface area (Å²) in [6.45, 7) is 1.19. The summed E-state index contributed by atoms with van der Waals surface area (Å²) in [4.78, 5) is 26.3. The molecule has 2 aromatic rings. The van der Waals surface area contributed by atoms with Gasteiger partial charge in [-0.2, -0.15) is 5.26 Å². The van der Waals surface area contributed by atoms with E-state index >= 15 is 0 Å². The van der Waals surface area contributed by atoms with Crippen molar-refractivity contribution in [3.63, 3.8) is 0 Å². The lowest BCUT2D eigenvalue weighted by atomic mass is 10.0. The Hall–Kier alpha value is -3.33.